The van der Waals surface area contributed by atoms with Gasteiger partial charge in [-0.05, 0) is 45.3 Å². The number of amides is 2. The molecule has 1 saturated heterocycles. The zero-order valence-corrected chi connectivity index (χ0v) is 21.3. The minimum atomic E-state index is -0.0741. The van der Waals surface area contributed by atoms with Gasteiger partial charge in [-0.15, -0.1) is 0 Å². The second-order valence-corrected chi connectivity index (χ2v) is 9.84. The van der Waals surface area contributed by atoms with Crippen molar-refractivity contribution in [3.8, 4) is 0 Å². The Morgan fingerprint density at radius 1 is 1.18 bits per heavy atom. The van der Waals surface area contributed by atoms with Gasteiger partial charge in [-0.3, -0.25) is 9.59 Å². The summed E-state index contributed by atoms with van der Waals surface area (Å²) in [6.07, 6.45) is 0. The molecule has 11 heteroatoms. The topological polar surface area (TPSA) is 81.7 Å². The summed E-state index contributed by atoms with van der Waals surface area (Å²) >= 11 is 13.4. The van der Waals surface area contributed by atoms with E-state index in [1.807, 2.05) is 30.8 Å². The minimum absolute atomic E-state index is 0.0175. The molecule has 2 heterocycles. The molecule has 1 aliphatic heterocycles. The molecule has 1 aromatic heterocycles. The number of carbonyl (C=O) groups excluding carboxylic acids is 2. The summed E-state index contributed by atoms with van der Waals surface area (Å²) in [7, 11) is 3.91. The number of carbonyl (C=O) groups is 2. The van der Waals surface area contributed by atoms with Crippen molar-refractivity contribution < 1.29 is 9.59 Å². The fraction of sp³-hybridized carbons (Fsp3) is 0.455. The molecule has 2 aromatic rings. The first-order valence-corrected chi connectivity index (χ1v) is 12.4. The number of hydrogen-bond acceptors (Lipinski definition) is 7. The normalized spacial score (nSPS) is 16.2. The number of anilines is 1. The molecule has 2 amide bonds. The van der Waals surface area contributed by atoms with Gasteiger partial charge in [0.05, 0.1) is 5.75 Å². The van der Waals surface area contributed by atoms with Crippen molar-refractivity contribution in [1.29, 1.82) is 0 Å². The van der Waals surface area contributed by atoms with Crippen LogP contribution in [0.15, 0.2) is 35.5 Å². The van der Waals surface area contributed by atoms with E-state index >= 15 is 0 Å². The molecule has 3 rings (SSSR count). The second kappa shape index (κ2) is 11.9. The third kappa shape index (κ3) is 7.46. The maximum absolute atomic E-state index is 12.9. The van der Waals surface area contributed by atoms with Crippen molar-refractivity contribution in [2.45, 2.75) is 18.1 Å². The largest absolute Gasteiger partial charge is 0.354 e. The van der Waals surface area contributed by atoms with Crippen molar-refractivity contribution in [2.75, 3.05) is 57.5 Å². The van der Waals surface area contributed by atoms with Gasteiger partial charge in [-0.2, -0.15) is 0 Å². The maximum atomic E-state index is 12.9. The lowest BCUT2D eigenvalue weighted by Gasteiger charge is -2.40. The van der Waals surface area contributed by atoms with Gasteiger partial charge in [-0.1, -0.05) is 35.0 Å². The summed E-state index contributed by atoms with van der Waals surface area (Å²) in [5.41, 5.74) is 0.618. The third-order valence-corrected chi connectivity index (χ3v) is 6.47. The Hall–Kier alpha value is -2.07. The third-order valence-electron chi connectivity index (χ3n) is 5.18. The molecule has 0 radical (unpaired) electrons. The fourth-order valence-electron chi connectivity index (χ4n) is 3.44. The van der Waals surface area contributed by atoms with Crippen LogP contribution in [0.5, 0.6) is 0 Å². The zero-order chi connectivity index (χ0) is 24.0. The maximum Gasteiger partial charge on any atom is 0.254 e. The molecule has 33 heavy (non-hydrogen) atoms. The van der Waals surface area contributed by atoms with Crippen LogP contribution in [0.4, 0.5) is 5.82 Å². The summed E-state index contributed by atoms with van der Waals surface area (Å²) in [5.74, 6) is 0.814. The van der Waals surface area contributed by atoms with Crippen LogP contribution in [0, 0.1) is 0 Å². The van der Waals surface area contributed by atoms with E-state index < -0.39 is 0 Å². The Morgan fingerprint density at radius 2 is 1.91 bits per heavy atom. The van der Waals surface area contributed by atoms with Crippen molar-refractivity contribution in [3.63, 3.8) is 0 Å². The molecule has 1 aromatic carbocycles. The second-order valence-electron chi connectivity index (χ2n) is 8.07. The van der Waals surface area contributed by atoms with E-state index in [1.54, 1.807) is 30.3 Å². The van der Waals surface area contributed by atoms with E-state index in [2.05, 4.69) is 20.2 Å². The number of nitrogens with zero attached hydrogens (tertiary/aromatic N) is 5. The van der Waals surface area contributed by atoms with Gasteiger partial charge in [0.25, 0.3) is 5.91 Å². The summed E-state index contributed by atoms with van der Waals surface area (Å²) < 4.78 is 0. The van der Waals surface area contributed by atoms with Crippen molar-refractivity contribution in [3.05, 3.63) is 46.1 Å². The Kier molecular flexibility index (Phi) is 9.19. The molecule has 0 bridgehead atoms. The van der Waals surface area contributed by atoms with E-state index in [0.29, 0.717) is 52.9 Å². The summed E-state index contributed by atoms with van der Waals surface area (Å²) in [4.78, 5) is 39.8. The van der Waals surface area contributed by atoms with Crippen LogP contribution >= 0.6 is 35.0 Å². The van der Waals surface area contributed by atoms with E-state index in [9.17, 15) is 9.59 Å². The molecule has 1 fully saturated rings. The number of piperazine rings is 1. The number of rotatable bonds is 8. The van der Waals surface area contributed by atoms with Crippen LogP contribution in [0.25, 0.3) is 0 Å². The van der Waals surface area contributed by atoms with Gasteiger partial charge in [0, 0.05) is 55.4 Å². The first-order valence-electron chi connectivity index (χ1n) is 10.6. The molecule has 1 N–H and O–H groups in total. The zero-order valence-electron chi connectivity index (χ0n) is 18.9. The van der Waals surface area contributed by atoms with Gasteiger partial charge in [0.2, 0.25) is 5.91 Å². The highest BCUT2D eigenvalue weighted by atomic mass is 35.5. The number of likely N-dealkylation sites (N-methyl/N-ethyl adjacent to an activating group) is 1. The van der Waals surface area contributed by atoms with Crippen molar-refractivity contribution >= 4 is 52.6 Å². The lowest BCUT2D eigenvalue weighted by molar-refractivity contribution is -0.118. The summed E-state index contributed by atoms with van der Waals surface area (Å²) in [6.45, 7) is 5.16. The standard InChI is InChI=1S/C22H28Cl2N6O2S/c1-15-13-29(10-11-30(15)21(32)16-4-6-17(23)7-5-16)19-12-18(24)26-22(27-19)33-14-20(31)25-8-9-28(2)3/h4-7,12,15H,8-11,13-14H2,1-3H3,(H,25,31). The van der Waals surface area contributed by atoms with Gasteiger partial charge in [0.1, 0.15) is 11.0 Å². The highest BCUT2D eigenvalue weighted by Crippen LogP contribution is 2.25. The number of hydrogen-bond donors (Lipinski definition) is 1. The van der Waals surface area contributed by atoms with Gasteiger partial charge in [-0.25, -0.2) is 9.97 Å². The Labute approximate surface area is 208 Å². The molecular weight excluding hydrogens is 483 g/mol. The quantitative estimate of drug-likeness (QED) is 0.332. The van der Waals surface area contributed by atoms with Gasteiger partial charge < -0.3 is 20.0 Å². The number of benzene rings is 1. The molecule has 8 nitrogen and oxygen atoms in total. The molecule has 0 saturated carbocycles. The van der Waals surface area contributed by atoms with E-state index in [-0.39, 0.29) is 23.6 Å². The average Bonchev–Trinajstić information content (AvgIpc) is 2.77. The van der Waals surface area contributed by atoms with Crippen molar-refractivity contribution in [1.82, 2.24) is 25.1 Å². The highest BCUT2D eigenvalue weighted by molar-refractivity contribution is 7.99. The van der Waals surface area contributed by atoms with Crippen LogP contribution in [0.2, 0.25) is 10.2 Å². The monoisotopic (exact) mass is 510 g/mol. The number of aromatic nitrogens is 2. The van der Waals surface area contributed by atoms with E-state index in [4.69, 9.17) is 23.2 Å². The number of nitrogens with one attached hydrogen (secondary N) is 1. The predicted molar refractivity (Wildman–Crippen MR) is 133 cm³/mol. The number of halogens is 2. The molecule has 1 aliphatic rings. The van der Waals surface area contributed by atoms with E-state index in [1.165, 1.54) is 11.8 Å². The molecular formula is C22H28Cl2N6O2S. The Bertz CT molecular complexity index is 976. The molecule has 0 aliphatic carbocycles. The number of thioether (sulfide) groups is 1. The average molecular weight is 511 g/mol. The fourth-order valence-corrected chi connectivity index (χ4v) is 4.47. The first kappa shape index (κ1) is 25.6. The van der Waals surface area contributed by atoms with Gasteiger partial charge >= 0.3 is 0 Å². The van der Waals surface area contributed by atoms with Crippen molar-refractivity contribution in [2.24, 2.45) is 0 Å². The first-order chi connectivity index (χ1) is 15.7. The van der Waals surface area contributed by atoms with Crippen LogP contribution in [0.3, 0.4) is 0 Å². The molecule has 178 valence electrons. The summed E-state index contributed by atoms with van der Waals surface area (Å²) in [5, 5.41) is 4.24. The van der Waals surface area contributed by atoms with Gasteiger partial charge in [0.15, 0.2) is 5.16 Å². The lowest BCUT2D eigenvalue weighted by atomic mass is 10.1. The molecule has 1 unspecified atom stereocenters. The minimum Gasteiger partial charge on any atom is -0.354 e. The predicted octanol–water partition coefficient (Wildman–Crippen LogP) is 2.90. The summed E-state index contributed by atoms with van der Waals surface area (Å²) in [6, 6.07) is 8.63. The Morgan fingerprint density at radius 3 is 2.58 bits per heavy atom. The molecule has 0 spiro atoms. The van der Waals surface area contributed by atoms with E-state index in [0.717, 1.165) is 6.54 Å². The SMILES string of the molecule is CC1CN(c2cc(Cl)nc(SCC(=O)NCCN(C)C)n2)CCN1C(=O)c1ccc(Cl)cc1. The smallest absolute Gasteiger partial charge is 0.254 e. The lowest BCUT2D eigenvalue weighted by Crippen LogP contribution is -2.54. The van der Waals surface area contributed by atoms with Crippen LogP contribution < -0.4 is 10.2 Å². The molecule has 1 atom stereocenters. The van der Waals surface area contributed by atoms with Crippen LogP contribution in [0.1, 0.15) is 17.3 Å². The van der Waals surface area contributed by atoms with Crippen LogP contribution in [-0.4, -0.2) is 90.2 Å². The van der Waals surface area contributed by atoms with Crippen LogP contribution in [-0.2, 0) is 4.79 Å². The Balaban J connectivity index is 1.59. The highest BCUT2D eigenvalue weighted by Gasteiger charge is 2.29.